The second-order valence-corrected chi connectivity index (χ2v) is 6.00. The molecular weight excluding hydrogens is 236 g/mol. The van der Waals surface area contributed by atoms with Gasteiger partial charge in [-0.1, -0.05) is 18.2 Å². The molecule has 17 heavy (non-hydrogen) atoms. The van der Waals surface area contributed by atoms with E-state index in [1.54, 1.807) is 10.8 Å². The van der Waals surface area contributed by atoms with Gasteiger partial charge in [0, 0.05) is 18.6 Å². The Morgan fingerprint density at radius 3 is 2.29 bits per heavy atom. The van der Waals surface area contributed by atoms with Crippen molar-refractivity contribution in [1.82, 2.24) is 9.55 Å². The van der Waals surface area contributed by atoms with Crippen LogP contribution < -0.4 is 0 Å². The zero-order valence-electron chi connectivity index (χ0n) is 10.0. The average Bonchev–Trinajstić information content (AvgIpc) is 2.65. The molecule has 90 valence electrons. The zero-order chi connectivity index (χ0) is 12.6. The van der Waals surface area contributed by atoms with Crippen LogP contribution in [-0.4, -0.2) is 24.2 Å². The summed E-state index contributed by atoms with van der Waals surface area (Å²) < 4.78 is 24.9. The van der Waals surface area contributed by atoms with Gasteiger partial charge in [-0.15, -0.1) is 0 Å². The van der Waals surface area contributed by atoms with E-state index in [1.807, 2.05) is 32.0 Å². The molecule has 0 saturated carbocycles. The minimum Gasteiger partial charge on any atom is -0.290 e. The van der Waals surface area contributed by atoms with Crippen molar-refractivity contribution >= 4 is 9.84 Å². The predicted octanol–water partition coefficient (Wildman–Crippen LogP) is 1.89. The molecule has 1 heterocycles. The van der Waals surface area contributed by atoms with Crippen molar-refractivity contribution < 1.29 is 8.42 Å². The van der Waals surface area contributed by atoms with E-state index in [-0.39, 0.29) is 5.16 Å². The summed E-state index contributed by atoms with van der Waals surface area (Å²) in [6.07, 6.45) is 4.34. The minimum absolute atomic E-state index is 0.0786. The van der Waals surface area contributed by atoms with E-state index in [9.17, 15) is 8.42 Å². The first kappa shape index (κ1) is 11.9. The van der Waals surface area contributed by atoms with Crippen molar-refractivity contribution in [2.75, 3.05) is 6.26 Å². The molecule has 1 aromatic carbocycles. The molecule has 0 atom stereocenters. The number of imidazole rings is 1. The molecule has 5 heteroatoms. The van der Waals surface area contributed by atoms with Crippen molar-refractivity contribution in [1.29, 1.82) is 0 Å². The van der Waals surface area contributed by atoms with E-state index in [2.05, 4.69) is 4.98 Å². The van der Waals surface area contributed by atoms with Crippen LogP contribution in [0.15, 0.2) is 35.7 Å². The molecule has 0 spiro atoms. The molecule has 2 aromatic rings. The molecule has 0 radical (unpaired) electrons. The van der Waals surface area contributed by atoms with Gasteiger partial charge in [-0.3, -0.25) is 4.57 Å². The summed E-state index contributed by atoms with van der Waals surface area (Å²) in [6.45, 7) is 3.91. The summed E-state index contributed by atoms with van der Waals surface area (Å²) >= 11 is 0. The molecule has 0 unspecified atom stereocenters. The van der Waals surface area contributed by atoms with Crippen LogP contribution in [0.5, 0.6) is 0 Å². The van der Waals surface area contributed by atoms with Gasteiger partial charge in [0.25, 0.3) is 0 Å². The Hall–Kier alpha value is -1.62. The van der Waals surface area contributed by atoms with E-state index < -0.39 is 9.84 Å². The number of hydrogen-bond donors (Lipinski definition) is 0. The van der Waals surface area contributed by atoms with Crippen LogP contribution in [-0.2, 0) is 9.84 Å². The lowest BCUT2D eigenvalue weighted by Crippen LogP contribution is -2.09. The Kier molecular flexibility index (Phi) is 2.79. The summed E-state index contributed by atoms with van der Waals surface area (Å²) in [5.41, 5.74) is 2.92. The third kappa shape index (κ3) is 2.10. The molecule has 0 amide bonds. The van der Waals surface area contributed by atoms with Crippen molar-refractivity contribution in [2.24, 2.45) is 0 Å². The van der Waals surface area contributed by atoms with Crippen molar-refractivity contribution in [3.05, 3.63) is 41.7 Å². The van der Waals surface area contributed by atoms with Gasteiger partial charge in [-0.05, 0) is 25.0 Å². The van der Waals surface area contributed by atoms with E-state index >= 15 is 0 Å². The molecule has 0 saturated heterocycles. The number of para-hydroxylation sites is 1. The Bertz CT molecular complexity index is 637. The van der Waals surface area contributed by atoms with Crippen LogP contribution in [0.1, 0.15) is 11.1 Å². The Morgan fingerprint density at radius 2 is 1.76 bits per heavy atom. The fourth-order valence-corrected chi connectivity index (χ4v) is 2.68. The Morgan fingerprint density at radius 1 is 1.18 bits per heavy atom. The van der Waals surface area contributed by atoms with Crippen molar-refractivity contribution in [3.63, 3.8) is 0 Å². The van der Waals surface area contributed by atoms with Crippen LogP contribution >= 0.6 is 0 Å². The molecule has 0 fully saturated rings. The molecule has 0 aliphatic rings. The summed E-state index contributed by atoms with van der Waals surface area (Å²) in [5, 5.41) is 0.0786. The monoisotopic (exact) mass is 250 g/mol. The summed E-state index contributed by atoms with van der Waals surface area (Å²) in [6, 6.07) is 5.86. The Balaban J connectivity index is 2.75. The number of benzene rings is 1. The highest BCUT2D eigenvalue weighted by Gasteiger charge is 2.17. The fraction of sp³-hybridized carbons (Fsp3) is 0.250. The highest BCUT2D eigenvalue weighted by molar-refractivity contribution is 7.90. The van der Waals surface area contributed by atoms with Gasteiger partial charge >= 0.3 is 0 Å². The van der Waals surface area contributed by atoms with Crippen LogP contribution in [0.3, 0.4) is 0 Å². The lowest BCUT2D eigenvalue weighted by molar-refractivity contribution is 0.590. The van der Waals surface area contributed by atoms with Gasteiger partial charge in [-0.25, -0.2) is 13.4 Å². The molecule has 0 aliphatic heterocycles. The maximum absolute atomic E-state index is 11.6. The highest BCUT2D eigenvalue weighted by atomic mass is 32.2. The highest BCUT2D eigenvalue weighted by Crippen LogP contribution is 2.21. The van der Waals surface area contributed by atoms with E-state index in [4.69, 9.17) is 0 Å². The molecular formula is C12H14N2O2S. The first-order valence-electron chi connectivity index (χ1n) is 5.21. The maximum Gasteiger partial charge on any atom is 0.231 e. The van der Waals surface area contributed by atoms with Crippen molar-refractivity contribution in [2.45, 2.75) is 19.0 Å². The fourth-order valence-electron chi connectivity index (χ4n) is 1.92. The lowest BCUT2D eigenvalue weighted by Gasteiger charge is -2.12. The van der Waals surface area contributed by atoms with E-state index in [1.165, 1.54) is 12.5 Å². The molecule has 0 bridgehead atoms. The standard InChI is InChI=1S/C12H14N2O2S/c1-9-5-4-6-10(2)11(9)14-8-7-13-12(14)17(3,15)16/h4-8H,1-3H3. The third-order valence-corrected chi connectivity index (χ3v) is 3.58. The molecule has 4 nitrogen and oxygen atoms in total. The lowest BCUT2D eigenvalue weighted by atomic mass is 10.1. The van der Waals surface area contributed by atoms with E-state index in [0.717, 1.165) is 16.8 Å². The minimum atomic E-state index is -3.32. The number of nitrogens with zero attached hydrogens (tertiary/aromatic N) is 2. The number of sulfone groups is 1. The smallest absolute Gasteiger partial charge is 0.231 e. The second kappa shape index (κ2) is 4.00. The van der Waals surface area contributed by atoms with Gasteiger partial charge in [0.05, 0.1) is 5.69 Å². The largest absolute Gasteiger partial charge is 0.290 e. The van der Waals surface area contributed by atoms with Crippen LogP contribution in [0.4, 0.5) is 0 Å². The number of hydrogen-bond acceptors (Lipinski definition) is 3. The average molecular weight is 250 g/mol. The number of aromatic nitrogens is 2. The quantitative estimate of drug-likeness (QED) is 0.818. The molecule has 0 N–H and O–H groups in total. The van der Waals surface area contributed by atoms with E-state index in [0.29, 0.717) is 0 Å². The van der Waals surface area contributed by atoms with Gasteiger partial charge in [0.1, 0.15) is 0 Å². The molecule has 1 aromatic heterocycles. The van der Waals surface area contributed by atoms with Gasteiger partial charge < -0.3 is 0 Å². The first-order chi connectivity index (χ1) is 7.91. The number of rotatable bonds is 2. The van der Waals surface area contributed by atoms with Gasteiger partial charge in [-0.2, -0.15) is 0 Å². The molecule has 2 rings (SSSR count). The molecule has 0 aliphatic carbocycles. The summed E-state index contributed by atoms with van der Waals surface area (Å²) in [5.74, 6) is 0. The topological polar surface area (TPSA) is 52.0 Å². The first-order valence-corrected chi connectivity index (χ1v) is 7.10. The third-order valence-electron chi connectivity index (χ3n) is 2.62. The second-order valence-electron chi connectivity index (χ2n) is 4.09. The van der Waals surface area contributed by atoms with Crippen molar-refractivity contribution in [3.8, 4) is 5.69 Å². The van der Waals surface area contributed by atoms with Gasteiger partial charge in [0.2, 0.25) is 15.0 Å². The summed E-state index contributed by atoms with van der Waals surface area (Å²) in [7, 11) is -3.32. The van der Waals surface area contributed by atoms with Crippen LogP contribution in [0.2, 0.25) is 0 Å². The Labute approximate surface area is 101 Å². The van der Waals surface area contributed by atoms with Crippen LogP contribution in [0, 0.1) is 13.8 Å². The normalized spacial score (nSPS) is 11.7. The van der Waals surface area contributed by atoms with Crippen LogP contribution in [0.25, 0.3) is 5.69 Å². The summed E-state index contributed by atoms with van der Waals surface area (Å²) in [4.78, 5) is 3.92. The maximum atomic E-state index is 11.6. The SMILES string of the molecule is Cc1cccc(C)c1-n1ccnc1S(C)(=O)=O. The number of aryl methyl sites for hydroxylation is 2. The predicted molar refractivity (Wildman–Crippen MR) is 66.1 cm³/mol. The zero-order valence-corrected chi connectivity index (χ0v) is 10.8. The van der Waals surface area contributed by atoms with Gasteiger partial charge in [0.15, 0.2) is 0 Å².